The number of nitrogens with zero attached hydrogens (tertiary/aromatic N) is 1. The van der Waals surface area contributed by atoms with Crippen LogP contribution in [-0.4, -0.2) is 28.8 Å². The standard InChI is InChI=1S/C22H27FN2O2/c1-4-21(26)25(15-18-12-8-9-13-19(18)23)20(22(27)24-16(2)3)14-17-10-6-5-7-11-17/h5-13,16,20H,4,14-15H2,1-3H3,(H,24,27)/t20-/m0/s1. The minimum absolute atomic E-state index is 0.0530. The molecule has 2 rings (SSSR count). The number of benzene rings is 2. The Balaban J connectivity index is 2.37. The van der Waals surface area contributed by atoms with Crippen molar-refractivity contribution in [3.8, 4) is 0 Å². The van der Waals surface area contributed by atoms with Crippen molar-refractivity contribution >= 4 is 11.8 Å². The van der Waals surface area contributed by atoms with Crippen molar-refractivity contribution < 1.29 is 14.0 Å². The number of hydrogen-bond donors (Lipinski definition) is 1. The molecule has 0 fully saturated rings. The number of halogens is 1. The molecular weight excluding hydrogens is 343 g/mol. The van der Waals surface area contributed by atoms with Crippen LogP contribution < -0.4 is 5.32 Å². The Morgan fingerprint density at radius 3 is 2.26 bits per heavy atom. The van der Waals surface area contributed by atoms with Gasteiger partial charge in [-0.3, -0.25) is 9.59 Å². The van der Waals surface area contributed by atoms with Crippen molar-refractivity contribution in [1.29, 1.82) is 0 Å². The van der Waals surface area contributed by atoms with E-state index in [4.69, 9.17) is 0 Å². The molecule has 5 heteroatoms. The summed E-state index contributed by atoms with van der Waals surface area (Å²) in [7, 11) is 0. The molecule has 0 saturated carbocycles. The Kier molecular flexibility index (Phi) is 7.53. The summed E-state index contributed by atoms with van der Waals surface area (Å²) in [6.45, 7) is 5.56. The number of amides is 2. The first-order chi connectivity index (χ1) is 12.9. The largest absolute Gasteiger partial charge is 0.352 e. The Bertz CT molecular complexity index is 762. The van der Waals surface area contributed by atoms with Crippen LogP contribution in [0, 0.1) is 5.82 Å². The fourth-order valence-corrected chi connectivity index (χ4v) is 2.95. The summed E-state index contributed by atoms with van der Waals surface area (Å²) in [6, 6.07) is 15.1. The second-order valence-electron chi connectivity index (χ2n) is 6.84. The van der Waals surface area contributed by atoms with E-state index in [1.807, 2.05) is 44.2 Å². The van der Waals surface area contributed by atoms with Crippen molar-refractivity contribution in [2.75, 3.05) is 0 Å². The van der Waals surface area contributed by atoms with Gasteiger partial charge in [-0.15, -0.1) is 0 Å². The molecule has 1 atom stereocenters. The number of carbonyl (C=O) groups excluding carboxylic acids is 2. The van der Waals surface area contributed by atoms with E-state index in [0.29, 0.717) is 12.0 Å². The molecular formula is C22H27FN2O2. The summed E-state index contributed by atoms with van der Waals surface area (Å²) in [4.78, 5) is 27.1. The van der Waals surface area contributed by atoms with Crippen LogP contribution in [0.3, 0.4) is 0 Å². The van der Waals surface area contributed by atoms with Crippen molar-refractivity contribution in [1.82, 2.24) is 10.2 Å². The smallest absolute Gasteiger partial charge is 0.243 e. The van der Waals surface area contributed by atoms with Crippen LogP contribution in [0.25, 0.3) is 0 Å². The molecule has 0 heterocycles. The van der Waals surface area contributed by atoms with Crippen LogP contribution in [0.5, 0.6) is 0 Å². The van der Waals surface area contributed by atoms with Crippen LogP contribution in [0.1, 0.15) is 38.3 Å². The maximum atomic E-state index is 14.2. The first kappa shape index (κ1) is 20.6. The second-order valence-corrected chi connectivity index (χ2v) is 6.84. The predicted octanol–water partition coefficient (Wildman–Crippen LogP) is 3.70. The van der Waals surface area contributed by atoms with E-state index in [-0.39, 0.29) is 36.6 Å². The molecule has 4 nitrogen and oxygen atoms in total. The molecule has 0 aliphatic heterocycles. The Labute approximate surface area is 160 Å². The molecule has 1 N–H and O–H groups in total. The highest BCUT2D eigenvalue weighted by Crippen LogP contribution is 2.17. The molecule has 2 aromatic carbocycles. The fraction of sp³-hybridized carbons (Fsp3) is 0.364. The lowest BCUT2D eigenvalue weighted by Gasteiger charge is -2.32. The monoisotopic (exact) mass is 370 g/mol. The van der Waals surface area contributed by atoms with Crippen molar-refractivity contribution in [2.45, 2.75) is 52.2 Å². The van der Waals surface area contributed by atoms with E-state index >= 15 is 0 Å². The molecule has 2 amide bonds. The molecule has 0 unspecified atom stereocenters. The molecule has 0 radical (unpaired) electrons. The van der Waals surface area contributed by atoms with E-state index in [2.05, 4.69) is 5.32 Å². The first-order valence-electron chi connectivity index (χ1n) is 9.29. The summed E-state index contributed by atoms with van der Waals surface area (Å²) < 4.78 is 14.2. The van der Waals surface area contributed by atoms with Crippen LogP contribution in [-0.2, 0) is 22.6 Å². The molecule has 27 heavy (non-hydrogen) atoms. The molecule has 144 valence electrons. The molecule has 0 spiro atoms. The van der Waals surface area contributed by atoms with E-state index in [0.717, 1.165) is 5.56 Å². The lowest BCUT2D eigenvalue weighted by molar-refractivity contribution is -0.141. The minimum atomic E-state index is -0.707. The third-order valence-corrected chi connectivity index (χ3v) is 4.30. The summed E-state index contributed by atoms with van der Waals surface area (Å²) in [6.07, 6.45) is 0.619. The van der Waals surface area contributed by atoms with Crippen LogP contribution in [0.4, 0.5) is 4.39 Å². The third kappa shape index (κ3) is 5.91. The van der Waals surface area contributed by atoms with Gasteiger partial charge in [-0.25, -0.2) is 4.39 Å². The number of hydrogen-bond acceptors (Lipinski definition) is 2. The Morgan fingerprint density at radius 1 is 1.04 bits per heavy atom. The van der Waals surface area contributed by atoms with E-state index in [1.54, 1.807) is 25.1 Å². The highest BCUT2D eigenvalue weighted by molar-refractivity contribution is 5.88. The number of carbonyl (C=O) groups is 2. The lowest BCUT2D eigenvalue weighted by Crippen LogP contribution is -2.51. The normalized spacial score (nSPS) is 11.9. The van der Waals surface area contributed by atoms with Gasteiger partial charge in [0.2, 0.25) is 11.8 Å². The average molecular weight is 370 g/mol. The number of rotatable bonds is 8. The first-order valence-corrected chi connectivity index (χ1v) is 9.29. The van der Waals surface area contributed by atoms with Gasteiger partial charge >= 0.3 is 0 Å². The lowest BCUT2D eigenvalue weighted by atomic mass is 10.0. The third-order valence-electron chi connectivity index (χ3n) is 4.30. The van der Waals surface area contributed by atoms with Crippen molar-refractivity contribution in [3.05, 3.63) is 71.5 Å². The molecule has 2 aromatic rings. The quantitative estimate of drug-likeness (QED) is 0.770. The second kappa shape index (κ2) is 9.86. The number of nitrogens with one attached hydrogen (secondary N) is 1. The average Bonchev–Trinajstić information content (AvgIpc) is 2.65. The van der Waals surface area contributed by atoms with Gasteiger partial charge in [0, 0.05) is 31.0 Å². The van der Waals surface area contributed by atoms with Crippen LogP contribution in [0.2, 0.25) is 0 Å². The Morgan fingerprint density at radius 2 is 1.67 bits per heavy atom. The minimum Gasteiger partial charge on any atom is -0.352 e. The zero-order valence-electron chi connectivity index (χ0n) is 16.1. The van der Waals surface area contributed by atoms with Gasteiger partial charge in [-0.2, -0.15) is 0 Å². The zero-order valence-corrected chi connectivity index (χ0v) is 16.1. The van der Waals surface area contributed by atoms with Gasteiger partial charge < -0.3 is 10.2 Å². The molecule has 0 saturated heterocycles. The predicted molar refractivity (Wildman–Crippen MR) is 104 cm³/mol. The maximum Gasteiger partial charge on any atom is 0.243 e. The van der Waals surface area contributed by atoms with E-state index in [9.17, 15) is 14.0 Å². The maximum absolute atomic E-state index is 14.2. The van der Waals surface area contributed by atoms with Crippen molar-refractivity contribution in [2.24, 2.45) is 0 Å². The Hall–Kier alpha value is -2.69. The van der Waals surface area contributed by atoms with Crippen LogP contribution in [0.15, 0.2) is 54.6 Å². The SMILES string of the molecule is CCC(=O)N(Cc1ccccc1F)[C@@H](Cc1ccccc1)C(=O)NC(C)C. The molecule has 0 bridgehead atoms. The van der Waals surface area contributed by atoms with Gasteiger partial charge in [0.1, 0.15) is 11.9 Å². The van der Waals surface area contributed by atoms with Gasteiger partial charge in [0.25, 0.3) is 0 Å². The molecule has 0 aliphatic rings. The van der Waals surface area contributed by atoms with Crippen LogP contribution >= 0.6 is 0 Å². The van der Waals surface area contributed by atoms with Gasteiger partial charge in [0.15, 0.2) is 0 Å². The fourth-order valence-electron chi connectivity index (χ4n) is 2.95. The summed E-state index contributed by atoms with van der Waals surface area (Å²) in [5.41, 5.74) is 1.35. The highest BCUT2D eigenvalue weighted by Gasteiger charge is 2.30. The molecule has 0 aromatic heterocycles. The topological polar surface area (TPSA) is 49.4 Å². The summed E-state index contributed by atoms with van der Waals surface area (Å²) >= 11 is 0. The van der Waals surface area contributed by atoms with E-state index < -0.39 is 6.04 Å². The van der Waals surface area contributed by atoms with Gasteiger partial charge in [0.05, 0.1) is 0 Å². The molecule has 0 aliphatic carbocycles. The summed E-state index contributed by atoms with van der Waals surface area (Å²) in [5, 5.41) is 2.90. The summed E-state index contributed by atoms with van der Waals surface area (Å²) in [5.74, 6) is -0.792. The van der Waals surface area contributed by atoms with E-state index in [1.165, 1.54) is 11.0 Å². The van der Waals surface area contributed by atoms with Crippen molar-refractivity contribution in [3.63, 3.8) is 0 Å². The highest BCUT2D eigenvalue weighted by atomic mass is 19.1. The van der Waals surface area contributed by atoms with Gasteiger partial charge in [-0.05, 0) is 25.5 Å². The zero-order chi connectivity index (χ0) is 19.8. The van der Waals surface area contributed by atoms with Gasteiger partial charge in [-0.1, -0.05) is 55.5 Å².